The minimum absolute atomic E-state index is 0.368. The number of likely N-dealkylation sites (tertiary alicyclic amines) is 1. The van der Waals surface area contributed by atoms with E-state index in [1.807, 2.05) is 6.92 Å². The standard InChI is InChI=1S/C14H19F2NO/c1-14(18)5-2-7-17(8-6-14)10-11-9-12(15)3-4-13(11)16/h3-4,9,18H,2,5-8,10H2,1H3. The van der Waals surface area contributed by atoms with Crippen LogP contribution in [0.25, 0.3) is 0 Å². The minimum Gasteiger partial charge on any atom is -0.390 e. The van der Waals surface area contributed by atoms with Gasteiger partial charge in [0.1, 0.15) is 11.6 Å². The van der Waals surface area contributed by atoms with E-state index in [9.17, 15) is 13.9 Å². The lowest BCUT2D eigenvalue weighted by atomic mass is 9.98. The summed E-state index contributed by atoms with van der Waals surface area (Å²) >= 11 is 0. The number of benzene rings is 1. The summed E-state index contributed by atoms with van der Waals surface area (Å²) in [4.78, 5) is 2.07. The van der Waals surface area contributed by atoms with E-state index < -0.39 is 11.4 Å². The molecule has 1 fully saturated rings. The van der Waals surface area contributed by atoms with E-state index in [0.717, 1.165) is 25.5 Å². The average molecular weight is 255 g/mol. The summed E-state index contributed by atoms with van der Waals surface area (Å²) in [6, 6.07) is 3.54. The molecule has 1 aromatic carbocycles. The maximum atomic E-state index is 13.5. The van der Waals surface area contributed by atoms with Crippen LogP contribution in [0.5, 0.6) is 0 Å². The van der Waals surface area contributed by atoms with Gasteiger partial charge in [-0.3, -0.25) is 4.90 Å². The van der Waals surface area contributed by atoms with Crippen molar-refractivity contribution in [2.75, 3.05) is 13.1 Å². The molecule has 1 aliphatic heterocycles. The first-order chi connectivity index (χ1) is 8.46. The van der Waals surface area contributed by atoms with Gasteiger partial charge in [-0.1, -0.05) is 0 Å². The number of rotatable bonds is 2. The third-order valence-corrected chi connectivity index (χ3v) is 3.56. The zero-order valence-corrected chi connectivity index (χ0v) is 10.6. The molecule has 4 heteroatoms. The van der Waals surface area contributed by atoms with Gasteiger partial charge in [0.15, 0.2) is 0 Å². The number of aliphatic hydroxyl groups is 1. The van der Waals surface area contributed by atoms with Crippen LogP contribution < -0.4 is 0 Å². The summed E-state index contributed by atoms with van der Waals surface area (Å²) in [5, 5.41) is 9.98. The zero-order valence-electron chi connectivity index (χ0n) is 10.6. The Morgan fingerprint density at radius 2 is 2.06 bits per heavy atom. The van der Waals surface area contributed by atoms with E-state index >= 15 is 0 Å². The first-order valence-electron chi connectivity index (χ1n) is 6.35. The van der Waals surface area contributed by atoms with Crippen LogP contribution >= 0.6 is 0 Å². The highest BCUT2D eigenvalue weighted by molar-refractivity contribution is 5.18. The molecule has 18 heavy (non-hydrogen) atoms. The van der Waals surface area contributed by atoms with Crippen LogP contribution in [0.1, 0.15) is 31.7 Å². The van der Waals surface area contributed by atoms with Crippen molar-refractivity contribution in [1.29, 1.82) is 0 Å². The van der Waals surface area contributed by atoms with Gasteiger partial charge in [0.25, 0.3) is 0 Å². The van der Waals surface area contributed by atoms with Gasteiger partial charge in [-0.15, -0.1) is 0 Å². The third kappa shape index (κ3) is 3.50. The van der Waals surface area contributed by atoms with Crippen molar-refractivity contribution in [3.05, 3.63) is 35.4 Å². The van der Waals surface area contributed by atoms with Gasteiger partial charge >= 0.3 is 0 Å². The van der Waals surface area contributed by atoms with Crippen LogP contribution in [0.4, 0.5) is 8.78 Å². The summed E-state index contributed by atoms with van der Waals surface area (Å²) in [5.41, 5.74) is -0.244. The van der Waals surface area contributed by atoms with Crippen molar-refractivity contribution in [2.45, 2.75) is 38.3 Å². The summed E-state index contributed by atoms with van der Waals surface area (Å²) in [6.07, 6.45) is 2.31. The highest BCUT2D eigenvalue weighted by Gasteiger charge is 2.25. The molecule has 0 saturated carbocycles. The second-order valence-electron chi connectivity index (χ2n) is 5.36. The van der Waals surface area contributed by atoms with E-state index in [0.29, 0.717) is 25.1 Å². The molecule has 2 nitrogen and oxygen atoms in total. The Morgan fingerprint density at radius 3 is 2.83 bits per heavy atom. The second-order valence-corrected chi connectivity index (χ2v) is 5.36. The maximum absolute atomic E-state index is 13.5. The van der Waals surface area contributed by atoms with Gasteiger partial charge in [-0.25, -0.2) is 8.78 Å². The molecule has 1 aliphatic rings. The van der Waals surface area contributed by atoms with Crippen molar-refractivity contribution < 1.29 is 13.9 Å². The SMILES string of the molecule is CC1(O)CCCN(Cc2cc(F)ccc2F)CC1. The van der Waals surface area contributed by atoms with Crippen LogP contribution in [-0.4, -0.2) is 28.7 Å². The Morgan fingerprint density at radius 1 is 1.28 bits per heavy atom. The molecule has 1 N–H and O–H groups in total. The molecule has 0 bridgehead atoms. The summed E-state index contributed by atoms with van der Waals surface area (Å²) < 4.78 is 26.6. The second kappa shape index (κ2) is 5.33. The molecule has 1 unspecified atom stereocenters. The smallest absolute Gasteiger partial charge is 0.127 e. The Labute approximate surface area is 106 Å². The number of hydrogen-bond acceptors (Lipinski definition) is 2. The molecule has 0 spiro atoms. The molecule has 1 aromatic rings. The average Bonchev–Trinajstić information content (AvgIpc) is 2.46. The number of hydrogen-bond donors (Lipinski definition) is 1. The van der Waals surface area contributed by atoms with E-state index in [-0.39, 0.29) is 5.82 Å². The molecular formula is C14H19F2NO. The molecular weight excluding hydrogens is 236 g/mol. The Hall–Kier alpha value is -1.00. The normalized spacial score (nSPS) is 26.0. The molecule has 1 atom stereocenters. The molecule has 0 aromatic heterocycles. The van der Waals surface area contributed by atoms with E-state index in [1.54, 1.807) is 0 Å². The molecule has 100 valence electrons. The molecule has 0 radical (unpaired) electrons. The largest absolute Gasteiger partial charge is 0.390 e. The summed E-state index contributed by atoms with van der Waals surface area (Å²) in [6.45, 7) is 3.76. The number of nitrogens with zero attached hydrogens (tertiary/aromatic N) is 1. The predicted molar refractivity (Wildman–Crippen MR) is 66.1 cm³/mol. The summed E-state index contributed by atoms with van der Waals surface area (Å²) in [5.74, 6) is -0.777. The Bertz CT molecular complexity index is 420. The van der Waals surface area contributed by atoms with Crippen molar-refractivity contribution in [1.82, 2.24) is 4.90 Å². The first-order valence-corrected chi connectivity index (χ1v) is 6.35. The number of halogens is 2. The van der Waals surface area contributed by atoms with Gasteiger partial charge in [-0.2, -0.15) is 0 Å². The lowest BCUT2D eigenvalue weighted by Crippen LogP contribution is -2.28. The molecule has 1 saturated heterocycles. The van der Waals surface area contributed by atoms with E-state index in [1.165, 1.54) is 12.1 Å². The fourth-order valence-electron chi connectivity index (χ4n) is 2.38. The van der Waals surface area contributed by atoms with Crippen LogP contribution in [-0.2, 0) is 6.54 Å². The third-order valence-electron chi connectivity index (χ3n) is 3.56. The fourth-order valence-corrected chi connectivity index (χ4v) is 2.38. The van der Waals surface area contributed by atoms with Crippen LogP contribution in [0.2, 0.25) is 0 Å². The maximum Gasteiger partial charge on any atom is 0.127 e. The molecule has 2 rings (SSSR count). The highest BCUT2D eigenvalue weighted by Crippen LogP contribution is 2.23. The van der Waals surface area contributed by atoms with Crippen LogP contribution in [0.3, 0.4) is 0 Å². The quantitative estimate of drug-likeness (QED) is 0.878. The minimum atomic E-state index is -0.630. The van der Waals surface area contributed by atoms with E-state index in [2.05, 4.69) is 4.90 Å². The summed E-state index contributed by atoms with van der Waals surface area (Å²) in [7, 11) is 0. The predicted octanol–water partition coefficient (Wildman–Crippen LogP) is 2.70. The van der Waals surface area contributed by atoms with Crippen molar-refractivity contribution in [3.8, 4) is 0 Å². The lowest BCUT2D eigenvalue weighted by molar-refractivity contribution is 0.0444. The van der Waals surface area contributed by atoms with E-state index in [4.69, 9.17) is 0 Å². The Kier molecular flexibility index (Phi) is 3.97. The monoisotopic (exact) mass is 255 g/mol. The highest BCUT2D eigenvalue weighted by atomic mass is 19.1. The Balaban J connectivity index is 2.03. The molecule has 1 heterocycles. The fraction of sp³-hybridized carbons (Fsp3) is 0.571. The van der Waals surface area contributed by atoms with Gasteiger partial charge < -0.3 is 5.11 Å². The molecule has 0 amide bonds. The van der Waals surface area contributed by atoms with Crippen molar-refractivity contribution in [2.24, 2.45) is 0 Å². The topological polar surface area (TPSA) is 23.5 Å². The first kappa shape index (κ1) is 13.4. The van der Waals surface area contributed by atoms with Gasteiger partial charge in [-0.05, 0) is 50.9 Å². The van der Waals surface area contributed by atoms with Crippen molar-refractivity contribution in [3.63, 3.8) is 0 Å². The molecule has 0 aliphatic carbocycles. The zero-order chi connectivity index (χ0) is 13.2. The van der Waals surface area contributed by atoms with Gasteiger partial charge in [0.05, 0.1) is 5.60 Å². The lowest BCUT2D eigenvalue weighted by Gasteiger charge is -2.22. The van der Waals surface area contributed by atoms with Crippen LogP contribution in [0.15, 0.2) is 18.2 Å². The van der Waals surface area contributed by atoms with Gasteiger partial charge in [0, 0.05) is 18.7 Å². The van der Waals surface area contributed by atoms with Crippen molar-refractivity contribution >= 4 is 0 Å². The van der Waals surface area contributed by atoms with Gasteiger partial charge in [0.2, 0.25) is 0 Å². The van der Waals surface area contributed by atoms with Crippen LogP contribution in [0, 0.1) is 11.6 Å².